The SMILES string of the molecule is CC1CCN(CCCNC(=O)C(N)Cc2ccccc2)CC1.Cl.Cl. The van der Waals surface area contributed by atoms with Gasteiger partial charge in [-0.1, -0.05) is 37.3 Å². The quantitative estimate of drug-likeness (QED) is 0.720. The van der Waals surface area contributed by atoms with E-state index in [1.165, 1.54) is 25.9 Å². The van der Waals surface area contributed by atoms with Crippen molar-refractivity contribution in [1.29, 1.82) is 0 Å². The molecule has 1 heterocycles. The maximum absolute atomic E-state index is 12.0. The van der Waals surface area contributed by atoms with E-state index in [1.54, 1.807) is 0 Å². The summed E-state index contributed by atoms with van der Waals surface area (Å²) in [5.41, 5.74) is 7.07. The Morgan fingerprint density at radius 1 is 1.25 bits per heavy atom. The van der Waals surface area contributed by atoms with Crippen molar-refractivity contribution in [3.05, 3.63) is 35.9 Å². The van der Waals surface area contributed by atoms with Gasteiger partial charge in [0.15, 0.2) is 0 Å². The van der Waals surface area contributed by atoms with Gasteiger partial charge in [-0.2, -0.15) is 0 Å². The van der Waals surface area contributed by atoms with Gasteiger partial charge < -0.3 is 16.0 Å². The zero-order chi connectivity index (χ0) is 15.8. The Bertz CT molecular complexity index is 451. The summed E-state index contributed by atoms with van der Waals surface area (Å²) < 4.78 is 0. The zero-order valence-electron chi connectivity index (χ0n) is 14.4. The van der Waals surface area contributed by atoms with E-state index in [2.05, 4.69) is 17.1 Å². The molecule has 24 heavy (non-hydrogen) atoms. The Balaban J connectivity index is 0.00000264. The fraction of sp³-hybridized carbons (Fsp3) is 0.611. The molecule has 1 unspecified atom stereocenters. The molecule has 4 nitrogen and oxygen atoms in total. The lowest BCUT2D eigenvalue weighted by atomic mass is 9.99. The third-order valence-electron chi connectivity index (χ3n) is 4.46. The molecule has 2 rings (SSSR count). The van der Waals surface area contributed by atoms with Crippen LogP contribution in [0, 0.1) is 5.92 Å². The minimum absolute atomic E-state index is 0. The number of nitrogens with one attached hydrogen (secondary N) is 1. The van der Waals surface area contributed by atoms with E-state index in [0.29, 0.717) is 13.0 Å². The Morgan fingerprint density at radius 3 is 2.50 bits per heavy atom. The smallest absolute Gasteiger partial charge is 0.237 e. The lowest BCUT2D eigenvalue weighted by Crippen LogP contribution is -2.43. The molecule has 0 saturated carbocycles. The maximum atomic E-state index is 12.0. The van der Waals surface area contributed by atoms with E-state index in [0.717, 1.165) is 24.4 Å². The van der Waals surface area contributed by atoms with Gasteiger partial charge in [-0.05, 0) is 56.8 Å². The summed E-state index contributed by atoms with van der Waals surface area (Å²) in [6.07, 6.45) is 4.19. The van der Waals surface area contributed by atoms with Crippen molar-refractivity contribution >= 4 is 30.7 Å². The van der Waals surface area contributed by atoms with Crippen molar-refractivity contribution in [3.8, 4) is 0 Å². The van der Waals surface area contributed by atoms with E-state index >= 15 is 0 Å². The fourth-order valence-electron chi connectivity index (χ4n) is 2.89. The molecular weight excluding hydrogens is 345 g/mol. The maximum Gasteiger partial charge on any atom is 0.237 e. The molecule has 0 spiro atoms. The van der Waals surface area contributed by atoms with Gasteiger partial charge in [0.25, 0.3) is 0 Å². The van der Waals surface area contributed by atoms with Crippen molar-refractivity contribution in [1.82, 2.24) is 10.2 Å². The van der Waals surface area contributed by atoms with Crippen LogP contribution in [0.5, 0.6) is 0 Å². The number of likely N-dealkylation sites (tertiary alicyclic amines) is 1. The van der Waals surface area contributed by atoms with Gasteiger partial charge >= 0.3 is 0 Å². The predicted octanol–water partition coefficient (Wildman–Crippen LogP) is 2.64. The topological polar surface area (TPSA) is 58.4 Å². The monoisotopic (exact) mass is 375 g/mol. The second kappa shape index (κ2) is 12.5. The van der Waals surface area contributed by atoms with Crippen LogP contribution < -0.4 is 11.1 Å². The average molecular weight is 376 g/mol. The minimum Gasteiger partial charge on any atom is -0.355 e. The fourth-order valence-corrected chi connectivity index (χ4v) is 2.89. The summed E-state index contributed by atoms with van der Waals surface area (Å²) in [4.78, 5) is 14.5. The number of carbonyl (C=O) groups is 1. The molecule has 1 aliphatic heterocycles. The average Bonchev–Trinajstić information content (AvgIpc) is 2.54. The van der Waals surface area contributed by atoms with Crippen molar-refractivity contribution in [2.75, 3.05) is 26.2 Å². The first-order valence-corrected chi connectivity index (χ1v) is 8.44. The molecule has 0 aliphatic carbocycles. The van der Waals surface area contributed by atoms with Crippen molar-refractivity contribution in [2.24, 2.45) is 11.7 Å². The third-order valence-corrected chi connectivity index (χ3v) is 4.46. The Kier molecular flexibility index (Phi) is 12.1. The first kappa shape index (κ1) is 23.2. The number of hydrogen-bond donors (Lipinski definition) is 2. The highest BCUT2D eigenvalue weighted by molar-refractivity contribution is 5.85. The summed E-state index contributed by atoms with van der Waals surface area (Å²) in [6, 6.07) is 9.46. The highest BCUT2D eigenvalue weighted by atomic mass is 35.5. The number of hydrogen-bond acceptors (Lipinski definition) is 3. The van der Waals surface area contributed by atoms with E-state index in [-0.39, 0.29) is 30.7 Å². The molecule has 1 aromatic rings. The van der Waals surface area contributed by atoms with Gasteiger partial charge in [-0.3, -0.25) is 4.79 Å². The molecule has 1 atom stereocenters. The Labute approximate surface area is 158 Å². The number of nitrogens with zero attached hydrogens (tertiary/aromatic N) is 1. The van der Waals surface area contributed by atoms with Crippen LogP contribution in [-0.4, -0.2) is 43.0 Å². The van der Waals surface area contributed by atoms with E-state index in [9.17, 15) is 4.79 Å². The number of halogens is 2. The molecule has 138 valence electrons. The second-order valence-electron chi connectivity index (χ2n) is 6.46. The number of benzene rings is 1. The largest absolute Gasteiger partial charge is 0.355 e. The molecule has 1 aliphatic rings. The molecular formula is C18H31Cl2N3O. The number of rotatable bonds is 7. The highest BCUT2D eigenvalue weighted by Gasteiger charge is 2.16. The van der Waals surface area contributed by atoms with Crippen molar-refractivity contribution < 1.29 is 4.79 Å². The van der Waals surface area contributed by atoms with Crippen LogP contribution in [0.2, 0.25) is 0 Å². The number of amides is 1. The van der Waals surface area contributed by atoms with Crippen LogP contribution in [0.25, 0.3) is 0 Å². The minimum atomic E-state index is -0.460. The predicted molar refractivity (Wildman–Crippen MR) is 105 cm³/mol. The highest BCUT2D eigenvalue weighted by Crippen LogP contribution is 2.15. The number of nitrogens with two attached hydrogens (primary N) is 1. The van der Waals surface area contributed by atoms with Crippen LogP contribution in [0.15, 0.2) is 30.3 Å². The van der Waals surface area contributed by atoms with E-state index < -0.39 is 6.04 Å². The van der Waals surface area contributed by atoms with Crippen LogP contribution in [0.4, 0.5) is 0 Å². The summed E-state index contributed by atoms with van der Waals surface area (Å²) >= 11 is 0. The first-order valence-electron chi connectivity index (χ1n) is 8.44. The first-order chi connectivity index (χ1) is 10.6. The summed E-state index contributed by atoms with van der Waals surface area (Å²) in [5.74, 6) is 0.822. The van der Waals surface area contributed by atoms with Crippen LogP contribution in [0.1, 0.15) is 31.7 Å². The number of carbonyl (C=O) groups excluding carboxylic acids is 1. The lowest BCUT2D eigenvalue weighted by Gasteiger charge is -2.30. The molecule has 6 heteroatoms. The van der Waals surface area contributed by atoms with Gasteiger partial charge in [0.05, 0.1) is 6.04 Å². The molecule has 1 saturated heterocycles. The van der Waals surface area contributed by atoms with Crippen LogP contribution in [0.3, 0.4) is 0 Å². The van der Waals surface area contributed by atoms with E-state index in [4.69, 9.17) is 5.73 Å². The Hall–Kier alpha value is -0.810. The molecule has 1 amide bonds. The molecule has 3 N–H and O–H groups in total. The van der Waals surface area contributed by atoms with Gasteiger partial charge in [0.2, 0.25) is 5.91 Å². The Morgan fingerprint density at radius 2 is 1.88 bits per heavy atom. The van der Waals surface area contributed by atoms with Gasteiger partial charge in [0.1, 0.15) is 0 Å². The zero-order valence-corrected chi connectivity index (χ0v) is 16.1. The van der Waals surface area contributed by atoms with Gasteiger partial charge in [-0.25, -0.2) is 0 Å². The summed E-state index contributed by atoms with van der Waals surface area (Å²) in [7, 11) is 0. The van der Waals surface area contributed by atoms with E-state index in [1.807, 2.05) is 30.3 Å². The molecule has 1 fully saturated rings. The van der Waals surface area contributed by atoms with Crippen molar-refractivity contribution in [3.63, 3.8) is 0 Å². The van der Waals surface area contributed by atoms with Gasteiger partial charge in [0, 0.05) is 6.54 Å². The van der Waals surface area contributed by atoms with Crippen molar-refractivity contribution in [2.45, 2.75) is 38.6 Å². The molecule has 0 radical (unpaired) electrons. The third kappa shape index (κ3) is 8.34. The molecule has 1 aromatic carbocycles. The lowest BCUT2D eigenvalue weighted by molar-refractivity contribution is -0.122. The van der Waals surface area contributed by atoms with Gasteiger partial charge in [-0.15, -0.1) is 24.8 Å². The standard InChI is InChI=1S/C18H29N3O.2ClH/c1-15-8-12-21(13-9-15)11-5-10-20-18(22)17(19)14-16-6-3-2-4-7-16;;/h2-4,6-7,15,17H,5,8-14,19H2,1H3,(H,20,22);2*1H. The van der Waals surface area contributed by atoms with Crippen LogP contribution >= 0.6 is 24.8 Å². The summed E-state index contributed by atoms with van der Waals surface area (Å²) in [6.45, 7) is 6.51. The second-order valence-corrected chi connectivity index (χ2v) is 6.46. The normalized spacial score (nSPS) is 16.6. The molecule has 0 bridgehead atoms. The summed E-state index contributed by atoms with van der Waals surface area (Å²) in [5, 5.41) is 2.96. The van der Waals surface area contributed by atoms with Crippen LogP contribution in [-0.2, 0) is 11.2 Å². The number of piperidine rings is 1. The molecule has 0 aromatic heterocycles.